The fraction of sp³-hybridized carbons (Fsp3) is 0.529. The highest BCUT2D eigenvalue weighted by molar-refractivity contribution is 5.95. The molecule has 1 heterocycles. The summed E-state index contributed by atoms with van der Waals surface area (Å²) >= 11 is 0. The van der Waals surface area contributed by atoms with Gasteiger partial charge in [-0.05, 0) is 19.1 Å². The van der Waals surface area contributed by atoms with Crippen molar-refractivity contribution < 1.29 is 27.5 Å². The third-order valence-corrected chi connectivity index (χ3v) is 3.99. The van der Waals surface area contributed by atoms with Gasteiger partial charge >= 0.3 is 6.18 Å². The number of nitrogens with zero attached hydrogens (tertiary/aromatic N) is 1. The largest absolute Gasteiger partial charge is 0.418 e. The molecule has 6 nitrogen and oxygen atoms in total. The van der Waals surface area contributed by atoms with Gasteiger partial charge in [0.05, 0.1) is 31.0 Å². The number of morpholine rings is 1. The van der Waals surface area contributed by atoms with Gasteiger partial charge in [0.2, 0.25) is 11.8 Å². The number of rotatable bonds is 6. The van der Waals surface area contributed by atoms with Crippen molar-refractivity contribution in [3.05, 3.63) is 29.8 Å². The zero-order chi connectivity index (χ0) is 19.2. The Balaban J connectivity index is 1.96. The molecule has 0 saturated carbocycles. The van der Waals surface area contributed by atoms with Gasteiger partial charge in [0.15, 0.2) is 0 Å². The Bertz CT molecular complexity index is 631. The van der Waals surface area contributed by atoms with Gasteiger partial charge in [0.1, 0.15) is 0 Å². The summed E-state index contributed by atoms with van der Waals surface area (Å²) in [4.78, 5) is 25.8. The first-order valence-corrected chi connectivity index (χ1v) is 8.36. The molecule has 2 N–H and O–H groups in total. The molecule has 1 aromatic carbocycles. The average molecular weight is 373 g/mol. The lowest BCUT2D eigenvalue weighted by molar-refractivity contribution is -0.137. The van der Waals surface area contributed by atoms with Crippen molar-refractivity contribution in [2.45, 2.75) is 25.6 Å². The van der Waals surface area contributed by atoms with Crippen LogP contribution in [0, 0.1) is 0 Å². The Labute approximate surface area is 149 Å². The number of benzene rings is 1. The highest BCUT2D eigenvalue weighted by atomic mass is 19.4. The van der Waals surface area contributed by atoms with E-state index in [0.717, 1.165) is 6.07 Å². The van der Waals surface area contributed by atoms with E-state index in [1.54, 1.807) is 6.92 Å². The molecule has 0 radical (unpaired) electrons. The van der Waals surface area contributed by atoms with E-state index in [1.807, 2.05) is 0 Å². The minimum Gasteiger partial charge on any atom is -0.378 e. The van der Waals surface area contributed by atoms with Gasteiger partial charge in [0.25, 0.3) is 0 Å². The van der Waals surface area contributed by atoms with E-state index in [2.05, 4.69) is 10.6 Å². The molecule has 2 rings (SSSR count). The lowest BCUT2D eigenvalue weighted by Gasteiger charge is -2.27. The van der Waals surface area contributed by atoms with Crippen LogP contribution in [-0.2, 0) is 20.5 Å². The quantitative estimate of drug-likeness (QED) is 0.799. The van der Waals surface area contributed by atoms with E-state index in [4.69, 9.17) is 4.74 Å². The highest BCUT2D eigenvalue weighted by Crippen LogP contribution is 2.34. The second-order valence-corrected chi connectivity index (χ2v) is 5.93. The third kappa shape index (κ3) is 5.70. The molecule has 1 aliphatic heterocycles. The van der Waals surface area contributed by atoms with Crippen molar-refractivity contribution in [1.29, 1.82) is 0 Å². The van der Waals surface area contributed by atoms with E-state index in [-0.39, 0.29) is 37.1 Å². The number of halogens is 3. The predicted octanol–water partition coefficient (Wildman–Crippen LogP) is 1.87. The SMILES string of the molecule is CCN(CC(=O)Nc1ccccc1C(F)(F)F)C(=O)CC1COCCN1. The Hall–Kier alpha value is -2.13. The number of carbonyl (C=O) groups is 2. The number of ether oxygens (including phenoxy) is 1. The van der Waals surface area contributed by atoms with E-state index < -0.39 is 17.6 Å². The molecule has 1 saturated heterocycles. The van der Waals surface area contributed by atoms with Gasteiger partial charge in [-0.25, -0.2) is 0 Å². The molecule has 144 valence electrons. The Morgan fingerprint density at radius 2 is 2.08 bits per heavy atom. The molecule has 1 atom stereocenters. The minimum absolute atomic E-state index is 0.126. The molecule has 1 unspecified atom stereocenters. The fourth-order valence-corrected chi connectivity index (χ4v) is 2.67. The monoisotopic (exact) mass is 373 g/mol. The molecular weight excluding hydrogens is 351 g/mol. The van der Waals surface area contributed by atoms with Crippen LogP contribution in [0.15, 0.2) is 24.3 Å². The summed E-state index contributed by atoms with van der Waals surface area (Å²) in [7, 11) is 0. The van der Waals surface area contributed by atoms with E-state index in [1.165, 1.54) is 23.1 Å². The van der Waals surface area contributed by atoms with Gasteiger partial charge in [0, 0.05) is 25.6 Å². The molecule has 0 aromatic heterocycles. The molecule has 0 spiro atoms. The maximum atomic E-state index is 13.0. The summed E-state index contributed by atoms with van der Waals surface area (Å²) in [6.45, 7) is 3.33. The molecule has 1 aliphatic rings. The maximum absolute atomic E-state index is 13.0. The van der Waals surface area contributed by atoms with Crippen molar-refractivity contribution in [3.63, 3.8) is 0 Å². The number of para-hydroxylation sites is 1. The van der Waals surface area contributed by atoms with Crippen molar-refractivity contribution >= 4 is 17.5 Å². The second kappa shape index (κ2) is 9.00. The standard InChI is InChI=1S/C17H22F3N3O3/c1-2-23(16(25)9-12-11-26-8-7-21-12)10-15(24)22-14-6-4-3-5-13(14)17(18,19)20/h3-6,12,21H,2,7-11H2,1H3,(H,22,24). The number of hydrogen-bond donors (Lipinski definition) is 2. The number of likely N-dealkylation sites (N-methyl/N-ethyl adjacent to an activating group) is 1. The topological polar surface area (TPSA) is 70.7 Å². The number of hydrogen-bond acceptors (Lipinski definition) is 4. The van der Waals surface area contributed by atoms with Gasteiger partial charge in [-0.15, -0.1) is 0 Å². The number of carbonyl (C=O) groups excluding carboxylic acids is 2. The van der Waals surface area contributed by atoms with Crippen LogP contribution in [0.3, 0.4) is 0 Å². The number of anilines is 1. The minimum atomic E-state index is -4.57. The molecule has 1 aromatic rings. The number of amides is 2. The molecular formula is C17H22F3N3O3. The van der Waals surface area contributed by atoms with Crippen LogP contribution >= 0.6 is 0 Å². The second-order valence-electron chi connectivity index (χ2n) is 5.93. The van der Waals surface area contributed by atoms with E-state index in [9.17, 15) is 22.8 Å². The predicted molar refractivity (Wildman–Crippen MR) is 89.6 cm³/mol. The smallest absolute Gasteiger partial charge is 0.378 e. The summed E-state index contributed by atoms with van der Waals surface area (Å²) in [6, 6.07) is 4.61. The van der Waals surface area contributed by atoms with Crippen LogP contribution < -0.4 is 10.6 Å². The normalized spacial score (nSPS) is 17.6. The van der Waals surface area contributed by atoms with Crippen LogP contribution in [0.2, 0.25) is 0 Å². The van der Waals surface area contributed by atoms with Crippen LogP contribution in [0.25, 0.3) is 0 Å². The summed E-state index contributed by atoms with van der Waals surface area (Å²) in [6.07, 6.45) is -4.41. The lowest BCUT2D eigenvalue weighted by Crippen LogP contribution is -2.46. The summed E-state index contributed by atoms with van der Waals surface area (Å²) in [5.41, 5.74) is -1.25. The first kappa shape index (κ1) is 20.2. The summed E-state index contributed by atoms with van der Waals surface area (Å²) in [5.74, 6) is -0.931. The molecule has 0 aliphatic carbocycles. The van der Waals surface area contributed by atoms with Crippen molar-refractivity contribution in [2.24, 2.45) is 0 Å². The number of alkyl halides is 3. The van der Waals surface area contributed by atoms with Crippen LogP contribution in [0.4, 0.5) is 18.9 Å². The molecule has 9 heteroatoms. The van der Waals surface area contributed by atoms with E-state index in [0.29, 0.717) is 19.8 Å². The molecule has 1 fully saturated rings. The van der Waals surface area contributed by atoms with Crippen molar-refractivity contribution in [2.75, 3.05) is 38.2 Å². The van der Waals surface area contributed by atoms with Crippen molar-refractivity contribution in [1.82, 2.24) is 10.2 Å². The molecule has 0 bridgehead atoms. The summed E-state index contributed by atoms with van der Waals surface area (Å²) in [5, 5.41) is 5.40. The molecule has 2 amide bonds. The zero-order valence-electron chi connectivity index (χ0n) is 14.4. The molecule has 26 heavy (non-hydrogen) atoms. The van der Waals surface area contributed by atoms with Gasteiger partial charge in [-0.1, -0.05) is 12.1 Å². The van der Waals surface area contributed by atoms with Crippen molar-refractivity contribution in [3.8, 4) is 0 Å². The first-order chi connectivity index (χ1) is 12.3. The van der Waals surface area contributed by atoms with Gasteiger partial charge in [-0.2, -0.15) is 13.2 Å². The zero-order valence-corrected chi connectivity index (χ0v) is 14.4. The number of nitrogens with one attached hydrogen (secondary N) is 2. The highest BCUT2D eigenvalue weighted by Gasteiger charge is 2.33. The Morgan fingerprint density at radius 3 is 2.69 bits per heavy atom. The Morgan fingerprint density at radius 1 is 1.35 bits per heavy atom. The summed E-state index contributed by atoms with van der Waals surface area (Å²) < 4.78 is 44.2. The van der Waals surface area contributed by atoms with Gasteiger partial charge < -0.3 is 20.3 Å². The Kier molecular flexibility index (Phi) is 6.98. The maximum Gasteiger partial charge on any atom is 0.418 e. The third-order valence-electron chi connectivity index (χ3n) is 3.99. The lowest BCUT2D eigenvalue weighted by atomic mass is 10.1. The van der Waals surface area contributed by atoms with Crippen LogP contribution in [-0.4, -0.2) is 55.6 Å². The fourth-order valence-electron chi connectivity index (χ4n) is 2.67. The first-order valence-electron chi connectivity index (χ1n) is 8.36. The van der Waals surface area contributed by atoms with E-state index >= 15 is 0 Å². The van der Waals surface area contributed by atoms with Gasteiger partial charge in [-0.3, -0.25) is 9.59 Å². The average Bonchev–Trinajstić information content (AvgIpc) is 2.60. The van der Waals surface area contributed by atoms with Crippen LogP contribution in [0.5, 0.6) is 0 Å². The van der Waals surface area contributed by atoms with Crippen LogP contribution in [0.1, 0.15) is 18.9 Å².